The zero-order valence-electron chi connectivity index (χ0n) is 13.6. The smallest absolute Gasteiger partial charge is 0.325 e. The van der Waals surface area contributed by atoms with Crippen molar-refractivity contribution in [2.24, 2.45) is 0 Å². The van der Waals surface area contributed by atoms with Crippen molar-refractivity contribution in [3.05, 3.63) is 0 Å². The molecule has 0 aromatic heterocycles. The van der Waals surface area contributed by atoms with E-state index >= 15 is 0 Å². The number of carbonyl (C=O) groups is 1. The topological polar surface area (TPSA) is 50.8 Å². The Morgan fingerprint density at radius 3 is 2.60 bits per heavy atom. The molecule has 0 radical (unpaired) electrons. The molecule has 1 rings (SSSR count). The number of carbonyl (C=O) groups excluding carboxylic acids is 1. The van der Waals surface area contributed by atoms with E-state index in [0.29, 0.717) is 12.1 Å². The predicted molar refractivity (Wildman–Crippen MR) is 79.8 cm³/mol. The van der Waals surface area contributed by atoms with Crippen molar-refractivity contribution in [2.45, 2.75) is 57.7 Å². The van der Waals surface area contributed by atoms with Crippen LogP contribution in [0.1, 0.15) is 40.0 Å². The maximum Gasteiger partial charge on any atom is 0.325 e. The number of hydrogen-bond acceptors (Lipinski definition) is 5. The number of esters is 1. The predicted octanol–water partition coefficient (Wildman–Crippen LogP) is 1.42. The molecular weight excluding hydrogens is 256 g/mol. The zero-order chi connectivity index (χ0) is 15.2. The first-order valence-electron chi connectivity index (χ1n) is 7.57. The number of ether oxygens (including phenoxy) is 2. The van der Waals surface area contributed by atoms with Gasteiger partial charge in [-0.1, -0.05) is 6.92 Å². The molecule has 2 unspecified atom stereocenters. The summed E-state index contributed by atoms with van der Waals surface area (Å²) in [5.74, 6) is -0.188. The number of hydrogen-bond donors (Lipinski definition) is 1. The van der Waals surface area contributed by atoms with Gasteiger partial charge >= 0.3 is 5.97 Å². The number of nitrogens with zero attached hydrogens (tertiary/aromatic N) is 1. The average Bonchev–Trinajstić information content (AvgIpc) is 2.46. The molecule has 5 heteroatoms. The fraction of sp³-hybridized carbons (Fsp3) is 0.933. The Balaban J connectivity index is 2.64. The fourth-order valence-corrected chi connectivity index (χ4v) is 3.03. The highest BCUT2D eigenvalue weighted by atomic mass is 16.5. The first-order valence-corrected chi connectivity index (χ1v) is 7.57. The lowest BCUT2D eigenvalue weighted by Gasteiger charge is -2.39. The average molecular weight is 286 g/mol. The molecule has 1 N–H and O–H groups in total. The third-order valence-electron chi connectivity index (χ3n) is 4.37. The Kier molecular flexibility index (Phi) is 6.92. The molecule has 0 amide bonds. The number of likely N-dealkylation sites (N-methyl/N-ethyl adjacent to an activating group) is 1. The Labute approximate surface area is 123 Å². The summed E-state index contributed by atoms with van der Waals surface area (Å²) in [6, 6.07) is 0.850. The van der Waals surface area contributed by atoms with Crippen molar-refractivity contribution >= 4 is 5.97 Å². The zero-order valence-corrected chi connectivity index (χ0v) is 13.6. The van der Waals surface area contributed by atoms with Crippen LogP contribution in [-0.2, 0) is 14.3 Å². The van der Waals surface area contributed by atoms with Gasteiger partial charge < -0.3 is 19.7 Å². The molecule has 118 valence electrons. The van der Waals surface area contributed by atoms with Crippen LogP contribution >= 0.6 is 0 Å². The normalized spacial score (nSPS) is 21.5. The Hall–Kier alpha value is -0.650. The van der Waals surface area contributed by atoms with Crippen LogP contribution in [0.2, 0.25) is 0 Å². The Morgan fingerprint density at radius 1 is 1.50 bits per heavy atom. The van der Waals surface area contributed by atoms with Gasteiger partial charge in [0.25, 0.3) is 0 Å². The van der Waals surface area contributed by atoms with Crippen LogP contribution in [0.25, 0.3) is 0 Å². The third kappa shape index (κ3) is 4.43. The van der Waals surface area contributed by atoms with Crippen LogP contribution in [-0.4, -0.2) is 62.4 Å². The Morgan fingerprint density at radius 2 is 2.10 bits per heavy atom. The third-order valence-corrected chi connectivity index (χ3v) is 4.37. The van der Waals surface area contributed by atoms with E-state index in [1.165, 1.54) is 7.11 Å². The molecule has 20 heavy (non-hydrogen) atoms. The molecule has 1 heterocycles. The molecule has 5 nitrogen and oxygen atoms in total. The minimum atomic E-state index is -0.623. The largest absolute Gasteiger partial charge is 0.468 e. The quantitative estimate of drug-likeness (QED) is 0.717. The lowest BCUT2D eigenvalue weighted by Crippen LogP contribution is -2.54. The van der Waals surface area contributed by atoms with Crippen LogP contribution < -0.4 is 5.32 Å². The monoisotopic (exact) mass is 286 g/mol. The first kappa shape index (κ1) is 17.4. The molecule has 0 saturated carbocycles. The molecule has 0 bridgehead atoms. The second-order valence-electron chi connectivity index (χ2n) is 5.92. The standard InChI is InChI=1S/C15H30N2O3/c1-6-16-15(3,14(18)19-5)11-12(2)17(4)13-7-9-20-10-8-13/h12-13,16H,6-11H2,1-5H3. The maximum absolute atomic E-state index is 12.0. The van der Waals surface area contributed by atoms with Gasteiger partial charge in [0.05, 0.1) is 7.11 Å². The summed E-state index contributed by atoms with van der Waals surface area (Å²) in [5.41, 5.74) is -0.623. The van der Waals surface area contributed by atoms with Gasteiger partial charge in [-0.15, -0.1) is 0 Å². The molecule has 0 aliphatic carbocycles. The van der Waals surface area contributed by atoms with Gasteiger partial charge in [0.2, 0.25) is 0 Å². The van der Waals surface area contributed by atoms with Crippen LogP contribution in [0, 0.1) is 0 Å². The van der Waals surface area contributed by atoms with Crippen molar-refractivity contribution in [1.82, 2.24) is 10.2 Å². The lowest BCUT2D eigenvalue weighted by molar-refractivity contribution is -0.149. The van der Waals surface area contributed by atoms with Crippen molar-refractivity contribution in [1.29, 1.82) is 0 Å². The van der Waals surface area contributed by atoms with E-state index in [0.717, 1.165) is 39.0 Å². The molecular formula is C15H30N2O3. The van der Waals surface area contributed by atoms with Crippen LogP contribution in [0.5, 0.6) is 0 Å². The molecule has 1 aliphatic rings. The minimum absolute atomic E-state index is 0.188. The highest BCUT2D eigenvalue weighted by Crippen LogP contribution is 2.22. The lowest BCUT2D eigenvalue weighted by atomic mass is 9.91. The molecule has 0 aromatic rings. The number of nitrogens with one attached hydrogen (secondary N) is 1. The van der Waals surface area contributed by atoms with Gasteiger partial charge in [-0.2, -0.15) is 0 Å². The van der Waals surface area contributed by atoms with Crippen LogP contribution in [0.15, 0.2) is 0 Å². The van der Waals surface area contributed by atoms with Gasteiger partial charge in [-0.25, -0.2) is 0 Å². The van der Waals surface area contributed by atoms with Crippen molar-refractivity contribution in [3.63, 3.8) is 0 Å². The molecule has 1 aliphatic heterocycles. The number of rotatable bonds is 7. The van der Waals surface area contributed by atoms with Gasteiger partial charge in [-0.05, 0) is 46.7 Å². The van der Waals surface area contributed by atoms with Crippen molar-refractivity contribution in [3.8, 4) is 0 Å². The van der Waals surface area contributed by atoms with Gasteiger partial charge in [0.15, 0.2) is 0 Å². The van der Waals surface area contributed by atoms with Crippen molar-refractivity contribution < 1.29 is 14.3 Å². The summed E-state index contributed by atoms with van der Waals surface area (Å²) in [6.07, 6.45) is 2.87. The summed E-state index contributed by atoms with van der Waals surface area (Å²) < 4.78 is 10.4. The van der Waals surface area contributed by atoms with Crippen LogP contribution in [0.3, 0.4) is 0 Å². The first-order chi connectivity index (χ1) is 9.44. The summed E-state index contributed by atoms with van der Waals surface area (Å²) in [5, 5.41) is 3.27. The summed E-state index contributed by atoms with van der Waals surface area (Å²) in [6.45, 7) is 8.53. The van der Waals surface area contributed by atoms with E-state index in [2.05, 4.69) is 24.2 Å². The van der Waals surface area contributed by atoms with E-state index in [4.69, 9.17) is 9.47 Å². The maximum atomic E-state index is 12.0. The van der Waals surface area contributed by atoms with E-state index in [-0.39, 0.29) is 5.97 Å². The Bertz CT molecular complexity index is 305. The molecule has 0 spiro atoms. The fourth-order valence-electron chi connectivity index (χ4n) is 3.03. The van der Waals surface area contributed by atoms with E-state index < -0.39 is 5.54 Å². The minimum Gasteiger partial charge on any atom is -0.468 e. The molecule has 1 saturated heterocycles. The highest BCUT2D eigenvalue weighted by molar-refractivity contribution is 5.80. The second kappa shape index (κ2) is 7.96. The van der Waals surface area contributed by atoms with E-state index in [1.54, 1.807) is 0 Å². The van der Waals surface area contributed by atoms with Gasteiger partial charge in [0.1, 0.15) is 5.54 Å². The van der Waals surface area contributed by atoms with Gasteiger partial charge in [0, 0.05) is 25.3 Å². The summed E-state index contributed by atoms with van der Waals surface area (Å²) in [7, 11) is 3.59. The van der Waals surface area contributed by atoms with E-state index in [9.17, 15) is 4.79 Å². The second-order valence-corrected chi connectivity index (χ2v) is 5.92. The molecule has 0 aromatic carbocycles. The number of methoxy groups -OCH3 is 1. The summed E-state index contributed by atoms with van der Waals surface area (Å²) >= 11 is 0. The van der Waals surface area contributed by atoms with Crippen LogP contribution in [0.4, 0.5) is 0 Å². The van der Waals surface area contributed by atoms with E-state index in [1.807, 2.05) is 13.8 Å². The summed E-state index contributed by atoms with van der Waals surface area (Å²) in [4.78, 5) is 14.4. The van der Waals surface area contributed by atoms with Crippen molar-refractivity contribution in [2.75, 3.05) is 33.9 Å². The van der Waals surface area contributed by atoms with Gasteiger partial charge in [-0.3, -0.25) is 4.79 Å². The molecule has 1 fully saturated rings. The highest BCUT2D eigenvalue weighted by Gasteiger charge is 2.37. The molecule has 2 atom stereocenters. The SMILES string of the molecule is CCNC(C)(CC(C)N(C)C1CCOCC1)C(=O)OC.